The lowest BCUT2D eigenvalue weighted by atomic mass is 10.1. The average molecular weight is 271 g/mol. The van der Waals surface area contributed by atoms with Crippen molar-refractivity contribution in [2.45, 2.75) is 25.9 Å². The highest BCUT2D eigenvalue weighted by molar-refractivity contribution is 5.98. The smallest absolute Gasteiger partial charge is 0.253 e. The van der Waals surface area contributed by atoms with Crippen LogP contribution in [-0.4, -0.2) is 35.1 Å². The SMILES string of the molecule is Cc1nc2ccncc2cc1C(=O)NCC1CCCO1. The predicted octanol–water partition coefficient (Wildman–Crippen LogP) is 1.85. The number of nitrogens with one attached hydrogen (secondary N) is 1. The van der Waals surface area contributed by atoms with E-state index in [2.05, 4.69) is 15.3 Å². The van der Waals surface area contributed by atoms with Crippen molar-refractivity contribution in [3.8, 4) is 0 Å². The molecule has 0 aliphatic carbocycles. The van der Waals surface area contributed by atoms with Gasteiger partial charge < -0.3 is 10.1 Å². The van der Waals surface area contributed by atoms with Crippen LogP contribution in [-0.2, 0) is 4.74 Å². The van der Waals surface area contributed by atoms with Crippen molar-refractivity contribution >= 4 is 16.8 Å². The van der Waals surface area contributed by atoms with Gasteiger partial charge in [0.1, 0.15) is 0 Å². The third-order valence-corrected chi connectivity index (χ3v) is 3.56. The summed E-state index contributed by atoms with van der Waals surface area (Å²) in [7, 11) is 0. The van der Waals surface area contributed by atoms with Crippen molar-refractivity contribution in [3.05, 3.63) is 35.8 Å². The summed E-state index contributed by atoms with van der Waals surface area (Å²) in [5.74, 6) is -0.101. The topological polar surface area (TPSA) is 64.1 Å². The number of carbonyl (C=O) groups is 1. The largest absolute Gasteiger partial charge is 0.376 e. The Labute approximate surface area is 117 Å². The Bertz CT molecular complexity index is 636. The lowest BCUT2D eigenvalue weighted by Gasteiger charge is -2.12. The maximum Gasteiger partial charge on any atom is 0.253 e. The first-order chi connectivity index (χ1) is 9.74. The van der Waals surface area contributed by atoms with Crippen molar-refractivity contribution in [1.82, 2.24) is 15.3 Å². The number of hydrogen-bond donors (Lipinski definition) is 1. The Kier molecular flexibility index (Phi) is 3.60. The van der Waals surface area contributed by atoms with Gasteiger partial charge in [-0.3, -0.25) is 14.8 Å². The number of aromatic nitrogens is 2. The van der Waals surface area contributed by atoms with Crippen molar-refractivity contribution in [1.29, 1.82) is 0 Å². The minimum absolute atomic E-state index is 0.101. The molecular formula is C15H17N3O2. The molecule has 3 rings (SSSR count). The molecule has 104 valence electrons. The van der Waals surface area contributed by atoms with Crippen LogP contribution in [0.5, 0.6) is 0 Å². The lowest BCUT2D eigenvalue weighted by molar-refractivity contribution is 0.0857. The fourth-order valence-electron chi connectivity index (χ4n) is 2.45. The highest BCUT2D eigenvalue weighted by Gasteiger charge is 2.18. The van der Waals surface area contributed by atoms with E-state index in [1.165, 1.54) is 0 Å². The second kappa shape index (κ2) is 5.54. The fraction of sp³-hybridized carbons (Fsp3) is 0.400. The monoisotopic (exact) mass is 271 g/mol. The molecule has 1 aliphatic rings. The number of aryl methyl sites for hydroxylation is 1. The maximum absolute atomic E-state index is 12.2. The zero-order valence-electron chi connectivity index (χ0n) is 11.4. The molecular weight excluding hydrogens is 254 g/mol. The summed E-state index contributed by atoms with van der Waals surface area (Å²) in [5, 5.41) is 3.80. The Morgan fingerprint density at radius 1 is 1.55 bits per heavy atom. The number of carbonyl (C=O) groups excluding carboxylic acids is 1. The number of fused-ring (bicyclic) bond motifs is 1. The number of nitrogens with zero attached hydrogens (tertiary/aromatic N) is 2. The van der Waals surface area contributed by atoms with Gasteiger partial charge in [0.2, 0.25) is 0 Å². The van der Waals surface area contributed by atoms with E-state index in [0.29, 0.717) is 12.1 Å². The summed E-state index contributed by atoms with van der Waals surface area (Å²) < 4.78 is 5.50. The molecule has 0 saturated carbocycles. The molecule has 1 saturated heterocycles. The van der Waals surface area contributed by atoms with Crippen LogP contribution in [0.4, 0.5) is 0 Å². The molecule has 5 nitrogen and oxygen atoms in total. The van der Waals surface area contributed by atoms with Gasteiger partial charge in [-0.05, 0) is 31.9 Å². The second-order valence-corrected chi connectivity index (χ2v) is 5.03. The minimum atomic E-state index is -0.101. The van der Waals surface area contributed by atoms with Crippen LogP contribution in [0.25, 0.3) is 10.9 Å². The second-order valence-electron chi connectivity index (χ2n) is 5.03. The van der Waals surface area contributed by atoms with E-state index in [1.807, 2.05) is 19.1 Å². The van der Waals surface area contributed by atoms with Crippen molar-refractivity contribution < 1.29 is 9.53 Å². The van der Waals surface area contributed by atoms with Crippen LogP contribution >= 0.6 is 0 Å². The van der Waals surface area contributed by atoms with Crippen LogP contribution in [0.3, 0.4) is 0 Å². The number of pyridine rings is 2. The Hall–Kier alpha value is -2.01. The van der Waals surface area contributed by atoms with E-state index in [4.69, 9.17) is 4.74 Å². The molecule has 0 spiro atoms. The summed E-state index contributed by atoms with van der Waals surface area (Å²) in [5.41, 5.74) is 2.19. The van der Waals surface area contributed by atoms with E-state index in [0.717, 1.165) is 36.0 Å². The van der Waals surface area contributed by atoms with E-state index in [-0.39, 0.29) is 12.0 Å². The molecule has 3 heterocycles. The standard InChI is InChI=1S/C15H17N3O2/c1-10-13(7-11-8-16-5-4-14(11)18-10)15(19)17-9-12-3-2-6-20-12/h4-5,7-8,12H,2-3,6,9H2,1H3,(H,17,19). The fourth-order valence-corrected chi connectivity index (χ4v) is 2.45. The molecule has 1 fully saturated rings. The number of ether oxygens (including phenoxy) is 1. The van der Waals surface area contributed by atoms with Crippen LogP contribution in [0, 0.1) is 6.92 Å². The van der Waals surface area contributed by atoms with Crippen molar-refractivity contribution in [3.63, 3.8) is 0 Å². The van der Waals surface area contributed by atoms with Gasteiger partial charge in [-0.2, -0.15) is 0 Å². The average Bonchev–Trinajstić information content (AvgIpc) is 2.97. The number of hydrogen-bond acceptors (Lipinski definition) is 4. The molecule has 20 heavy (non-hydrogen) atoms. The predicted molar refractivity (Wildman–Crippen MR) is 75.6 cm³/mol. The Morgan fingerprint density at radius 2 is 2.45 bits per heavy atom. The van der Waals surface area contributed by atoms with E-state index in [9.17, 15) is 4.79 Å². The van der Waals surface area contributed by atoms with Crippen LogP contribution in [0.1, 0.15) is 28.9 Å². The quantitative estimate of drug-likeness (QED) is 0.925. The molecule has 1 aliphatic heterocycles. The van der Waals surface area contributed by atoms with Crippen molar-refractivity contribution in [2.24, 2.45) is 0 Å². The van der Waals surface area contributed by atoms with Gasteiger partial charge in [0, 0.05) is 30.9 Å². The normalized spacial score (nSPS) is 18.4. The molecule has 1 amide bonds. The molecule has 5 heteroatoms. The highest BCUT2D eigenvalue weighted by atomic mass is 16.5. The maximum atomic E-state index is 12.2. The Balaban J connectivity index is 1.77. The van der Waals surface area contributed by atoms with Gasteiger partial charge in [0.25, 0.3) is 5.91 Å². The van der Waals surface area contributed by atoms with Gasteiger partial charge in [-0.15, -0.1) is 0 Å². The molecule has 0 bridgehead atoms. The summed E-state index contributed by atoms with van der Waals surface area (Å²) in [6.07, 6.45) is 5.65. The summed E-state index contributed by atoms with van der Waals surface area (Å²) in [6.45, 7) is 3.20. The lowest BCUT2D eigenvalue weighted by Crippen LogP contribution is -2.32. The van der Waals surface area contributed by atoms with Gasteiger partial charge in [0.15, 0.2) is 0 Å². The summed E-state index contributed by atoms with van der Waals surface area (Å²) in [4.78, 5) is 20.7. The van der Waals surface area contributed by atoms with Crippen molar-refractivity contribution in [2.75, 3.05) is 13.2 Å². The zero-order valence-corrected chi connectivity index (χ0v) is 11.4. The van der Waals surface area contributed by atoms with E-state index < -0.39 is 0 Å². The van der Waals surface area contributed by atoms with Crippen LogP contribution in [0.15, 0.2) is 24.5 Å². The van der Waals surface area contributed by atoms with Crippen LogP contribution in [0.2, 0.25) is 0 Å². The third kappa shape index (κ3) is 2.63. The molecule has 2 aromatic rings. The summed E-state index contributed by atoms with van der Waals surface area (Å²) in [6, 6.07) is 3.69. The molecule has 1 atom stereocenters. The van der Waals surface area contributed by atoms with Gasteiger partial charge in [0.05, 0.1) is 22.9 Å². The highest BCUT2D eigenvalue weighted by Crippen LogP contribution is 2.16. The van der Waals surface area contributed by atoms with E-state index in [1.54, 1.807) is 12.4 Å². The third-order valence-electron chi connectivity index (χ3n) is 3.56. The van der Waals surface area contributed by atoms with Gasteiger partial charge in [-0.25, -0.2) is 0 Å². The molecule has 2 aromatic heterocycles. The molecule has 0 radical (unpaired) electrons. The molecule has 0 aromatic carbocycles. The first kappa shape index (κ1) is 13.0. The Morgan fingerprint density at radius 3 is 3.25 bits per heavy atom. The molecule has 1 N–H and O–H groups in total. The van der Waals surface area contributed by atoms with Gasteiger partial charge in [-0.1, -0.05) is 0 Å². The first-order valence-electron chi connectivity index (χ1n) is 6.85. The number of amides is 1. The van der Waals surface area contributed by atoms with Gasteiger partial charge >= 0.3 is 0 Å². The molecule has 1 unspecified atom stereocenters. The first-order valence-corrected chi connectivity index (χ1v) is 6.85. The summed E-state index contributed by atoms with van der Waals surface area (Å²) >= 11 is 0. The number of rotatable bonds is 3. The zero-order chi connectivity index (χ0) is 13.9. The van der Waals surface area contributed by atoms with E-state index >= 15 is 0 Å². The minimum Gasteiger partial charge on any atom is -0.376 e. The van der Waals surface area contributed by atoms with Crippen LogP contribution < -0.4 is 5.32 Å².